The highest BCUT2D eigenvalue weighted by Gasteiger charge is 2.23. The first kappa shape index (κ1) is 14.0. The highest BCUT2D eigenvalue weighted by atomic mass is 32.2. The van der Waals surface area contributed by atoms with Gasteiger partial charge in [0.25, 0.3) is 0 Å². The fourth-order valence-electron chi connectivity index (χ4n) is 1.61. The van der Waals surface area contributed by atoms with Gasteiger partial charge in [0.2, 0.25) is 15.5 Å². The fourth-order valence-corrected chi connectivity index (χ4v) is 3.52. The number of hydrogen-bond acceptors (Lipinski definition) is 4. The standard InChI is InChI=1S/C12H14N2O3S2/c1-14(7-5-10-3-2-8-18-10)19(16,17)12-9-13-6-4-11(12)15/h2-4,6,8-9H,5,7H2,1H3,(H,13,15). The Kier molecular flexibility index (Phi) is 4.18. The Balaban J connectivity index is 2.16. The molecule has 0 saturated carbocycles. The van der Waals surface area contributed by atoms with Gasteiger partial charge in [-0.2, -0.15) is 0 Å². The summed E-state index contributed by atoms with van der Waals surface area (Å²) < 4.78 is 25.6. The molecule has 0 aromatic carbocycles. The zero-order valence-electron chi connectivity index (χ0n) is 10.4. The molecule has 2 rings (SSSR count). The molecule has 0 radical (unpaired) electrons. The van der Waals surface area contributed by atoms with E-state index in [0.717, 1.165) is 4.88 Å². The molecule has 1 N–H and O–H groups in total. The van der Waals surface area contributed by atoms with E-state index in [9.17, 15) is 13.2 Å². The molecule has 2 aromatic rings. The van der Waals surface area contributed by atoms with E-state index in [2.05, 4.69) is 4.98 Å². The van der Waals surface area contributed by atoms with Crippen molar-refractivity contribution in [2.45, 2.75) is 11.3 Å². The summed E-state index contributed by atoms with van der Waals surface area (Å²) in [4.78, 5) is 15.1. The Hall–Kier alpha value is -1.44. The van der Waals surface area contributed by atoms with Gasteiger partial charge in [0.1, 0.15) is 4.90 Å². The molecule has 0 spiro atoms. The molecule has 2 heterocycles. The van der Waals surface area contributed by atoms with Gasteiger partial charge in [-0.15, -0.1) is 11.3 Å². The lowest BCUT2D eigenvalue weighted by molar-refractivity contribution is 0.472. The predicted molar refractivity (Wildman–Crippen MR) is 74.9 cm³/mol. The Morgan fingerprint density at radius 3 is 2.79 bits per heavy atom. The second kappa shape index (κ2) is 5.68. The third kappa shape index (κ3) is 3.12. The minimum Gasteiger partial charge on any atom is -0.366 e. The van der Waals surface area contributed by atoms with Crippen molar-refractivity contribution >= 4 is 21.4 Å². The van der Waals surface area contributed by atoms with Crippen LogP contribution in [0.25, 0.3) is 0 Å². The van der Waals surface area contributed by atoms with Crippen LogP contribution in [-0.2, 0) is 16.4 Å². The number of rotatable bonds is 5. The number of nitrogens with zero attached hydrogens (tertiary/aromatic N) is 1. The third-order valence-electron chi connectivity index (χ3n) is 2.73. The molecular weight excluding hydrogens is 284 g/mol. The van der Waals surface area contributed by atoms with Gasteiger partial charge in [0.05, 0.1) is 0 Å². The maximum absolute atomic E-state index is 12.2. The summed E-state index contributed by atoms with van der Waals surface area (Å²) in [5.41, 5.74) is -0.498. The number of hydrogen-bond donors (Lipinski definition) is 1. The first-order valence-electron chi connectivity index (χ1n) is 5.67. The zero-order valence-corrected chi connectivity index (χ0v) is 12.0. The van der Waals surface area contributed by atoms with Crippen molar-refractivity contribution in [2.75, 3.05) is 13.6 Å². The van der Waals surface area contributed by atoms with Crippen LogP contribution in [0.3, 0.4) is 0 Å². The van der Waals surface area contributed by atoms with Crippen LogP contribution in [0.5, 0.6) is 0 Å². The SMILES string of the molecule is CN(CCc1cccs1)S(=O)(=O)c1c[nH]ccc1=O. The van der Waals surface area contributed by atoms with Gasteiger partial charge in [-0.25, -0.2) is 12.7 Å². The van der Waals surface area contributed by atoms with Crippen molar-refractivity contribution in [3.05, 3.63) is 51.1 Å². The van der Waals surface area contributed by atoms with Gasteiger partial charge < -0.3 is 4.98 Å². The molecule has 19 heavy (non-hydrogen) atoms. The molecule has 5 nitrogen and oxygen atoms in total. The molecule has 0 unspecified atom stereocenters. The van der Waals surface area contributed by atoms with E-state index in [4.69, 9.17) is 0 Å². The minimum atomic E-state index is -3.73. The average Bonchev–Trinajstić information content (AvgIpc) is 2.89. The van der Waals surface area contributed by atoms with Gasteiger partial charge in [-0.3, -0.25) is 4.79 Å². The number of aromatic amines is 1. The monoisotopic (exact) mass is 298 g/mol. The normalized spacial score (nSPS) is 11.9. The van der Waals surface area contributed by atoms with Crippen molar-refractivity contribution in [3.63, 3.8) is 0 Å². The molecule has 0 aliphatic heterocycles. The highest BCUT2D eigenvalue weighted by Crippen LogP contribution is 2.13. The predicted octanol–water partition coefficient (Wildman–Crippen LogP) is 1.30. The molecule has 0 amide bonds. The lowest BCUT2D eigenvalue weighted by Gasteiger charge is -2.16. The summed E-state index contributed by atoms with van der Waals surface area (Å²) in [7, 11) is -2.25. The molecule has 0 saturated heterocycles. The lowest BCUT2D eigenvalue weighted by Crippen LogP contribution is -2.32. The second-order valence-corrected chi connectivity index (χ2v) is 7.07. The van der Waals surface area contributed by atoms with Gasteiger partial charge >= 0.3 is 0 Å². The quantitative estimate of drug-likeness (QED) is 0.904. The maximum atomic E-state index is 12.2. The van der Waals surface area contributed by atoms with Crippen molar-refractivity contribution in [3.8, 4) is 0 Å². The first-order valence-corrected chi connectivity index (χ1v) is 7.99. The van der Waals surface area contributed by atoms with Gasteiger partial charge in [-0.1, -0.05) is 6.07 Å². The summed E-state index contributed by atoms with van der Waals surface area (Å²) in [6.07, 6.45) is 3.27. The maximum Gasteiger partial charge on any atom is 0.248 e. The molecule has 2 aromatic heterocycles. The van der Waals surface area contributed by atoms with Gasteiger partial charge in [-0.05, 0) is 17.9 Å². The minimum absolute atomic E-state index is 0.219. The topological polar surface area (TPSA) is 70.2 Å². The largest absolute Gasteiger partial charge is 0.366 e. The van der Waals surface area contributed by atoms with Crippen LogP contribution in [0.1, 0.15) is 4.88 Å². The van der Waals surface area contributed by atoms with Crippen LogP contribution in [-0.4, -0.2) is 31.3 Å². The Morgan fingerprint density at radius 2 is 2.16 bits per heavy atom. The van der Waals surface area contributed by atoms with Crippen LogP contribution in [0, 0.1) is 0 Å². The molecule has 0 aliphatic rings. The Bertz CT molecular complexity index is 690. The first-order chi connectivity index (χ1) is 9.01. The average molecular weight is 298 g/mol. The van der Waals surface area contributed by atoms with E-state index in [0.29, 0.717) is 13.0 Å². The Morgan fingerprint density at radius 1 is 1.37 bits per heavy atom. The van der Waals surface area contributed by atoms with Gasteiger partial charge in [0, 0.05) is 36.9 Å². The van der Waals surface area contributed by atoms with E-state index in [1.807, 2.05) is 17.5 Å². The second-order valence-electron chi connectivity index (χ2n) is 4.03. The van der Waals surface area contributed by atoms with E-state index in [-0.39, 0.29) is 4.90 Å². The van der Waals surface area contributed by atoms with E-state index >= 15 is 0 Å². The number of likely N-dealkylation sites (N-methyl/N-ethyl adjacent to an activating group) is 1. The molecule has 0 bridgehead atoms. The summed E-state index contributed by atoms with van der Waals surface area (Å²) >= 11 is 1.59. The third-order valence-corrected chi connectivity index (χ3v) is 5.54. The smallest absolute Gasteiger partial charge is 0.248 e. The van der Waals surface area contributed by atoms with Crippen molar-refractivity contribution < 1.29 is 8.42 Å². The summed E-state index contributed by atoms with van der Waals surface area (Å²) in [6, 6.07) is 5.09. The zero-order chi connectivity index (χ0) is 13.9. The molecule has 7 heteroatoms. The molecule has 0 fully saturated rings. The number of sulfonamides is 1. The fraction of sp³-hybridized carbons (Fsp3) is 0.250. The van der Waals surface area contributed by atoms with Crippen LogP contribution in [0.15, 0.2) is 45.7 Å². The Labute approximate surface area is 115 Å². The summed E-state index contributed by atoms with van der Waals surface area (Å²) in [5.74, 6) is 0. The molecule has 0 aliphatic carbocycles. The summed E-state index contributed by atoms with van der Waals surface area (Å²) in [6.45, 7) is 0.344. The van der Waals surface area contributed by atoms with E-state index < -0.39 is 15.5 Å². The number of thiophene rings is 1. The highest BCUT2D eigenvalue weighted by molar-refractivity contribution is 7.89. The molecule has 0 atom stereocenters. The molecule has 102 valence electrons. The summed E-state index contributed by atoms with van der Waals surface area (Å²) in [5, 5.41) is 1.95. The molecular formula is C12H14N2O3S2. The van der Waals surface area contributed by atoms with Crippen LogP contribution in [0.2, 0.25) is 0 Å². The lowest BCUT2D eigenvalue weighted by atomic mass is 10.3. The van der Waals surface area contributed by atoms with Crippen LogP contribution in [0.4, 0.5) is 0 Å². The van der Waals surface area contributed by atoms with E-state index in [1.165, 1.54) is 29.8 Å². The van der Waals surface area contributed by atoms with Crippen molar-refractivity contribution in [1.82, 2.24) is 9.29 Å². The van der Waals surface area contributed by atoms with Crippen molar-refractivity contribution in [1.29, 1.82) is 0 Å². The van der Waals surface area contributed by atoms with Crippen molar-refractivity contribution in [2.24, 2.45) is 0 Å². The van der Waals surface area contributed by atoms with Crippen LogP contribution < -0.4 is 5.43 Å². The van der Waals surface area contributed by atoms with Gasteiger partial charge in [0.15, 0.2) is 0 Å². The number of aromatic nitrogens is 1. The number of pyridine rings is 1. The van der Waals surface area contributed by atoms with Crippen LogP contribution >= 0.6 is 11.3 Å². The van der Waals surface area contributed by atoms with E-state index in [1.54, 1.807) is 11.3 Å². The number of H-pyrrole nitrogens is 1. The number of nitrogens with one attached hydrogen (secondary N) is 1.